The van der Waals surface area contributed by atoms with Gasteiger partial charge >= 0.3 is 0 Å². The van der Waals surface area contributed by atoms with Crippen LogP contribution in [0.25, 0.3) is 0 Å². The highest BCUT2D eigenvalue weighted by atomic mass is 16.5. The Morgan fingerprint density at radius 3 is 2.54 bits per heavy atom. The van der Waals surface area contributed by atoms with Crippen LogP contribution in [0.2, 0.25) is 0 Å². The van der Waals surface area contributed by atoms with Crippen LogP contribution in [0.4, 0.5) is 0 Å². The van der Waals surface area contributed by atoms with Crippen molar-refractivity contribution < 1.29 is 19.1 Å². The maximum atomic E-state index is 12.4. The molecule has 0 aromatic heterocycles. The van der Waals surface area contributed by atoms with Crippen LogP contribution in [0.15, 0.2) is 48.5 Å². The number of rotatable bonds is 8. The molecule has 1 heterocycles. The highest BCUT2D eigenvalue weighted by Gasteiger charge is 2.33. The number of likely N-dealkylation sites (tertiary alicyclic amines) is 1. The molecule has 0 aliphatic carbocycles. The van der Waals surface area contributed by atoms with E-state index in [-0.39, 0.29) is 24.2 Å². The van der Waals surface area contributed by atoms with Crippen molar-refractivity contribution in [2.24, 2.45) is 5.92 Å². The first-order valence-electron chi connectivity index (χ1n) is 9.41. The quantitative estimate of drug-likeness (QED) is 0.761. The van der Waals surface area contributed by atoms with E-state index in [1.165, 1.54) is 0 Å². The summed E-state index contributed by atoms with van der Waals surface area (Å²) in [4.78, 5) is 26.5. The number of nitrogens with zero attached hydrogens (tertiary/aromatic N) is 1. The Labute approximate surface area is 165 Å². The second-order valence-electron chi connectivity index (χ2n) is 6.88. The number of nitrogens with one attached hydrogen (secondary N) is 1. The fraction of sp³-hybridized carbons (Fsp3) is 0.364. The van der Waals surface area contributed by atoms with Gasteiger partial charge in [0.05, 0.1) is 20.1 Å². The maximum absolute atomic E-state index is 12.4. The van der Waals surface area contributed by atoms with Gasteiger partial charge in [-0.05, 0) is 29.7 Å². The van der Waals surface area contributed by atoms with E-state index in [2.05, 4.69) is 5.32 Å². The van der Waals surface area contributed by atoms with Crippen molar-refractivity contribution in [2.75, 3.05) is 27.3 Å². The van der Waals surface area contributed by atoms with Crippen LogP contribution < -0.4 is 14.8 Å². The van der Waals surface area contributed by atoms with Crippen LogP contribution in [-0.2, 0) is 22.6 Å². The van der Waals surface area contributed by atoms with Crippen molar-refractivity contribution in [1.82, 2.24) is 10.2 Å². The minimum Gasteiger partial charge on any atom is -0.493 e. The minimum atomic E-state index is -0.290. The van der Waals surface area contributed by atoms with Gasteiger partial charge in [-0.3, -0.25) is 9.59 Å². The molecular formula is C22H26N2O4. The topological polar surface area (TPSA) is 67.9 Å². The largest absolute Gasteiger partial charge is 0.493 e. The summed E-state index contributed by atoms with van der Waals surface area (Å²) < 4.78 is 10.6. The molecule has 28 heavy (non-hydrogen) atoms. The van der Waals surface area contributed by atoms with Crippen molar-refractivity contribution in [1.29, 1.82) is 0 Å². The number of hydrogen-bond acceptors (Lipinski definition) is 4. The number of carbonyl (C=O) groups excluding carboxylic acids is 2. The molecule has 1 unspecified atom stereocenters. The average Bonchev–Trinajstić information content (AvgIpc) is 3.11. The predicted molar refractivity (Wildman–Crippen MR) is 106 cm³/mol. The fourth-order valence-electron chi connectivity index (χ4n) is 3.39. The third kappa shape index (κ3) is 4.82. The van der Waals surface area contributed by atoms with E-state index in [4.69, 9.17) is 9.47 Å². The number of methoxy groups -OCH3 is 2. The monoisotopic (exact) mass is 382 g/mol. The summed E-state index contributed by atoms with van der Waals surface area (Å²) >= 11 is 0. The van der Waals surface area contributed by atoms with E-state index >= 15 is 0 Å². The summed E-state index contributed by atoms with van der Waals surface area (Å²) in [5.74, 6) is 1.03. The highest BCUT2D eigenvalue weighted by molar-refractivity contribution is 5.89. The first kappa shape index (κ1) is 19.7. The van der Waals surface area contributed by atoms with Crippen molar-refractivity contribution in [3.05, 3.63) is 59.7 Å². The molecule has 0 radical (unpaired) electrons. The summed E-state index contributed by atoms with van der Waals surface area (Å²) in [5.41, 5.74) is 2.10. The molecule has 2 amide bonds. The lowest BCUT2D eigenvalue weighted by atomic mass is 10.1. The third-order valence-corrected chi connectivity index (χ3v) is 5.01. The van der Waals surface area contributed by atoms with E-state index in [9.17, 15) is 9.59 Å². The van der Waals surface area contributed by atoms with Gasteiger partial charge in [0.25, 0.3) is 0 Å². The normalized spacial score (nSPS) is 16.1. The van der Waals surface area contributed by atoms with Crippen molar-refractivity contribution >= 4 is 11.8 Å². The first-order valence-corrected chi connectivity index (χ1v) is 9.41. The molecule has 0 spiro atoms. The molecule has 1 aliphatic rings. The van der Waals surface area contributed by atoms with Crippen LogP contribution >= 0.6 is 0 Å². The van der Waals surface area contributed by atoms with Gasteiger partial charge in [-0.25, -0.2) is 0 Å². The van der Waals surface area contributed by atoms with Gasteiger partial charge in [-0.15, -0.1) is 0 Å². The highest BCUT2D eigenvalue weighted by Crippen LogP contribution is 2.28. The lowest BCUT2D eigenvalue weighted by molar-refractivity contribution is -0.129. The molecule has 6 heteroatoms. The molecule has 3 rings (SSSR count). The molecule has 148 valence electrons. The smallest absolute Gasteiger partial charge is 0.225 e. The summed E-state index contributed by atoms with van der Waals surface area (Å²) in [7, 11) is 3.20. The molecule has 6 nitrogen and oxygen atoms in total. The van der Waals surface area contributed by atoms with Crippen molar-refractivity contribution in [2.45, 2.75) is 19.4 Å². The lowest BCUT2D eigenvalue weighted by Crippen LogP contribution is -2.33. The Balaban J connectivity index is 1.51. The molecule has 1 atom stereocenters. The Morgan fingerprint density at radius 1 is 1.07 bits per heavy atom. The van der Waals surface area contributed by atoms with Gasteiger partial charge in [0.15, 0.2) is 11.5 Å². The zero-order valence-electron chi connectivity index (χ0n) is 16.3. The Morgan fingerprint density at radius 2 is 1.82 bits per heavy atom. The molecule has 0 saturated carbocycles. The molecule has 1 saturated heterocycles. The summed E-state index contributed by atoms with van der Waals surface area (Å²) in [6, 6.07) is 15.5. The van der Waals surface area contributed by atoms with Gasteiger partial charge in [-0.2, -0.15) is 0 Å². The SMILES string of the molecule is COc1ccc(CCN2CC(C(=O)NCc3ccccc3)CC2=O)cc1OC. The zero-order valence-corrected chi connectivity index (χ0v) is 16.3. The van der Waals surface area contributed by atoms with Gasteiger partial charge < -0.3 is 19.7 Å². The Hall–Kier alpha value is -3.02. The van der Waals surface area contributed by atoms with E-state index in [0.717, 1.165) is 11.1 Å². The molecule has 2 aromatic rings. The lowest BCUT2D eigenvalue weighted by Gasteiger charge is -2.17. The van der Waals surface area contributed by atoms with Gasteiger partial charge in [0, 0.05) is 26.1 Å². The Bertz CT molecular complexity index is 823. The average molecular weight is 382 g/mol. The number of benzene rings is 2. The van der Waals surface area contributed by atoms with Crippen LogP contribution in [0.5, 0.6) is 11.5 Å². The Kier molecular flexibility index (Phi) is 6.53. The van der Waals surface area contributed by atoms with E-state index < -0.39 is 0 Å². The summed E-state index contributed by atoms with van der Waals surface area (Å²) in [6.07, 6.45) is 0.969. The summed E-state index contributed by atoms with van der Waals surface area (Å²) in [6.45, 7) is 1.53. The van der Waals surface area contributed by atoms with Gasteiger partial charge in [0.2, 0.25) is 11.8 Å². The number of ether oxygens (including phenoxy) is 2. The predicted octanol–water partition coefficient (Wildman–Crippen LogP) is 2.41. The molecule has 0 bridgehead atoms. The summed E-state index contributed by atoms with van der Waals surface area (Å²) in [5, 5.41) is 2.94. The van der Waals surface area contributed by atoms with Crippen molar-refractivity contribution in [3.63, 3.8) is 0 Å². The second kappa shape index (κ2) is 9.26. The van der Waals surface area contributed by atoms with E-state index in [0.29, 0.717) is 37.6 Å². The molecule has 1 fully saturated rings. The standard InChI is InChI=1S/C22H26N2O4/c1-27-19-9-8-16(12-20(19)28-2)10-11-24-15-18(13-21(24)25)22(26)23-14-17-6-4-3-5-7-17/h3-9,12,18H,10-11,13-15H2,1-2H3,(H,23,26). The van der Waals surface area contributed by atoms with E-state index in [1.54, 1.807) is 19.1 Å². The third-order valence-electron chi connectivity index (χ3n) is 5.01. The van der Waals surface area contributed by atoms with Crippen molar-refractivity contribution in [3.8, 4) is 11.5 Å². The van der Waals surface area contributed by atoms with E-state index in [1.807, 2.05) is 48.5 Å². The molecule has 1 aliphatic heterocycles. The van der Waals surface area contributed by atoms with Crippen LogP contribution in [0.3, 0.4) is 0 Å². The number of amides is 2. The van der Waals surface area contributed by atoms with Gasteiger partial charge in [0.1, 0.15) is 0 Å². The second-order valence-corrected chi connectivity index (χ2v) is 6.88. The van der Waals surface area contributed by atoms with Crippen LogP contribution in [0.1, 0.15) is 17.5 Å². The van der Waals surface area contributed by atoms with Crippen LogP contribution in [-0.4, -0.2) is 44.0 Å². The molecule has 2 aromatic carbocycles. The first-order chi connectivity index (χ1) is 13.6. The fourth-order valence-corrected chi connectivity index (χ4v) is 3.39. The number of carbonyl (C=O) groups is 2. The minimum absolute atomic E-state index is 0.0281. The molecular weight excluding hydrogens is 356 g/mol. The number of hydrogen-bond donors (Lipinski definition) is 1. The maximum Gasteiger partial charge on any atom is 0.225 e. The zero-order chi connectivity index (χ0) is 19.9. The molecule has 1 N–H and O–H groups in total. The van der Waals surface area contributed by atoms with Crippen LogP contribution in [0, 0.1) is 5.92 Å². The van der Waals surface area contributed by atoms with Gasteiger partial charge in [-0.1, -0.05) is 36.4 Å².